The third kappa shape index (κ3) is 5.88. The molecule has 0 aliphatic carbocycles. The molecule has 0 saturated carbocycles. The Morgan fingerprint density at radius 2 is 1.75 bits per heavy atom. The van der Waals surface area contributed by atoms with Gasteiger partial charge in [0.05, 0.1) is 0 Å². The molecule has 0 radical (unpaired) electrons. The van der Waals surface area contributed by atoms with Gasteiger partial charge in [-0.15, -0.1) is 0 Å². The van der Waals surface area contributed by atoms with Crippen LogP contribution < -0.4 is 0 Å². The zero-order chi connectivity index (χ0) is 16.1. The molecule has 0 aromatic rings. The van der Waals surface area contributed by atoms with Crippen LogP contribution in [0.15, 0.2) is 11.8 Å². The summed E-state index contributed by atoms with van der Waals surface area (Å²) in [6.45, 7) is 10.8. The highest BCUT2D eigenvalue weighted by atomic mass is 28.4. The molecule has 116 valence electrons. The Bertz CT molecular complexity index is 394. The van der Waals surface area contributed by atoms with E-state index in [9.17, 15) is 9.59 Å². The Hall–Kier alpha value is -1.14. The molecule has 20 heavy (non-hydrogen) atoms. The average Bonchev–Trinajstić information content (AvgIpc) is 2.23. The van der Waals surface area contributed by atoms with Crippen molar-refractivity contribution in [2.75, 3.05) is 20.7 Å². The van der Waals surface area contributed by atoms with Crippen molar-refractivity contribution < 1.29 is 19.1 Å². The number of aliphatic carboxylic acids is 1. The third-order valence-corrected chi connectivity index (χ3v) is 8.05. The lowest BCUT2D eigenvalue weighted by Crippen LogP contribution is -2.41. The first-order valence-electron chi connectivity index (χ1n) is 6.67. The number of carboxylic acid groups (broad SMARTS) is 1. The zero-order valence-electron chi connectivity index (χ0n) is 13.6. The number of rotatable bonds is 7. The van der Waals surface area contributed by atoms with Gasteiger partial charge in [-0.2, -0.15) is 0 Å². The molecule has 0 rings (SSSR count). The molecule has 0 amide bonds. The quantitative estimate of drug-likeness (QED) is 0.339. The van der Waals surface area contributed by atoms with Crippen LogP contribution in [-0.2, 0) is 14.0 Å². The molecule has 0 saturated heterocycles. The van der Waals surface area contributed by atoms with Gasteiger partial charge in [0, 0.05) is 33.3 Å². The minimum atomic E-state index is -1.90. The molecular formula is C14H27NO4Si. The number of carbonyl (C=O) groups excluding carboxylic acids is 1. The van der Waals surface area contributed by atoms with Crippen LogP contribution in [0.25, 0.3) is 0 Å². The van der Waals surface area contributed by atoms with Gasteiger partial charge in [-0.25, -0.2) is 4.79 Å². The number of hydrogen-bond donors (Lipinski definition) is 1. The van der Waals surface area contributed by atoms with E-state index in [0.717, 1.165) is 0 Å². The number of hydrogen-bond acceptors (Lipinski definition) is 4. The van der Waals surface area contributed by atoms with E-state index in [4.69, 9.17) is 9.53 Å². The molecule has 1 N–H and O–H groups in total. The van der Waals surface area contributed by atoms with Crippen LogP contribution in [-0.4, -0.2) is 50.8 Å². The molecule has 0 aromatic carbocycles. The van der Waals surface area contributed by atoms with Crippen LogP contribution in [0.2, 0.25) is 18.1 Å². The maximum absolute atomic E-state index is 11.9. The minimum absolute atomic E-state index is 0.0746. The highest BCUT2D eigenvalue weighted by Gasteiger charge is 2.37. The van der Waals surface area contributed by atoms with Crippen LogP contribution in [0, 0.1) is 0 Å². The molecule has 0 heterocycles. The molecule has 0 aliphatic heterocycles. The number of carboxylic acids is 1. The number of carbonyl (C=O) groups is 2. The van der Waals surface area contributed by atoms with E-state index in [0.29, 0.717) is 0 Å². The largest absolute Gasteiger partial charge is 0.478 e. The molecular weight excluding hydrogens is 274 g/mol. The summed E-state index contributed by atoms with van der Waals surface area (Å²) < 4.78 is 5.88. The number of Topliss-reactive ketones (excluding diaryl/α,β-unsaturated/α-hetero) is 1. The van der Waals surface area contributed by atoms with Crippen molar-refractivity contribution in [3.05, 3.63) is 11.8 Å². The fourth-order valence-electron chi connectivity index (χ4n) is 1.25. The van der Waals surface area contributed by atoms with Gasteiger partial charge in [0.15, 0.2) is 14.1 Å². The lowest BCUT2D eigenvalue weighted by Gasteiger charge is -2.36. The maximum atomic E-state index is 11.9. The summed E-state index contributed by atoms with van der Waals surface area (Å²) in [5.41, 5.74) is -0.200. The minimum Gasteiger partial charge on any atom is -0.478 e. The van der Waals surface area contributed by atoms with E-state index in [1.807, 2.05) is 0 Å². The SMILES string of the molecule is CN(C)/C=C(/C(=O)O)C(=O)CCO[Si](C)(C)C(C)(C)C. The summed E-state index contributed by atoms with van der Waals surface area (Å²) in [6.07, 6.45) is 1.43. The second-order valence-corrected chi connectivity index (χ2v) is 11.4. The van der Waals surface area contributed by atoms with Gasteiger partial charge in [0.1, 0.15) is 5.57 Å². The summed E-state index contributed by atoms with van der Waals surface area (Å²) >= 11 is 0. The molecule has 0 spiro atoms. The van der Waals surface area contributed by atoms with E-state index in [-0.39, 0.29) is 23.6 Å². The third-order valence-electron chi connectivity index (χ3n) is 3.52. The predicted octanol–water partition coefficient (Wildman–Crippen LogP) is 2.50. The van der Waals surface area contributed by atoms with E-state index in [1.165, 1.54) is 6.20 Å². The Balaban J connectivity index is 4.61. The van der Waals surface area contributed by atoms with Crippen molar-refractivity contribution in [2.45, 2.75) is 45.3 Å². The predicted molar refractivity (Wildman–Crippen MR) is 82.2 cm³/mol. The first kappa shape index (κ1) is 18.9. The Morgan fingerprint density at radius 1 is 1.25 bits per heavy atom. The van der Waals surface area contributed by atoms with Gasteiger partial charge >= 0.3 is 5.97 Å². The summed E-state index contributed by atoms with van der Waals surface area (Å²) in [5, 5.41) is 9.11. The van der Waals surface area contributed by atoms with Crippen LogP contribution in [0.5, 0.6) is 0 Å². The summed E-state index contributed by atoms with van der Waals surface area (Å²) in [4.78, 5) is 24.5. The van der Waals surface area contributed by atoms with Gasteiger partial charge in [0.25, 0.3) is 0 Å². The van der Waals surface area contributed by atoms with Crippen molar-refractivity contribution in [3.63, 3.8) is 0 Å². The Morgan fingerprint density at radius 3 is 2.10 bits per heavy atom. The van der Waals surface area contributed by atoms with E-state index in [2.05, 4.69) is 33.9 Å². The molecule has 0 aromatic heterocycles. The van der Waals surface area contributed by atoms with Gasteiger partial charge in [-0.3, -0.25) is 4.79 Å². The fourth-order valence-corrected chi connectivity index (χ4v) is 2.30. The van der Waals surface area contributed by atoms with Crippen LogP contribution >= 0.6 is 0 Å². The normalized spacial score (nSPS) is 13.2. The molecule has 6 heteroatoms. The highest BCUT2D eigenvalue weighted by molar-refractivity contribution is 6.74. The van der Waals surface area contributed by atoms with Crippen molar-refractivity contribution in [2.24, 2.45) is 0 Å². The fraction of sp³-hybridized carbons (Fsp3) is 0.714. The molecule has 0 fully saturated rings. The molecule has 0 bridgehead atoms. The monoisotopic (exact) mass is 301 g/mol. The van der Waals surface area contributed by atoms with Gasteiger partial charge in [-0.1, -0.05) is 20.8 Å². The second kappa shape index (κ2) is 7.03. The van der Waals surface area contributed by atoms with Crippen LogP contribution in [0.1, 0.15) is 27.2 Å². The van der Waals surface area contributed by atoms with Crippen LogP contribution in [0.3, 0.4) is 0 Å². The van der Waals surface area contributed by atoms with Crippen molar-refractivity contribution in [3.8, 4) is 0 Å². The van der Waals surface area contributed by atoms with Crippen molar-refractivity contribution >= 4 is 20.1 Å². The first-order valence-corrected chi connectivity index (χ1v) is 9.58. The van der Waals surface area contributed by atoms with E-state index in [1.54, 1.807) is 19.0 Å². The highest BCUT2D eigenvalue weighted by Crippen LogP contribution is 2.36. The van der Waals surface area contributed by atoms with Gasteiger partial charge < -0.3 is 14.4 Å². The Kier molecular flexibility index (Phi) is 6.63. The van der Waals surface area contributed by atoms with Crippen LogP contribution in [0.4, 0.5) is 0 Å². The lowest BCUT2D eigenvalue weighted by molar-refractivity contribution is -0.134. The topological polar surface area (TPSA) is 66.8 Å². The summed E-state index contributed by atoms with van der Waals surface area (Å²) in [7, 11) is 1.47. The zero-order valence-corrected chi connectivity index (χ0v) is 14.6. The molecule has 0 unspecified atom stereocenters. The first-order chi connectivity index (χ1) is 8.88. The Labute approximate surface area is 122 Å². The van der Waals surface area contributed by atoms with Gasteiger partial charge in [-0.05, 0) is 18.1 Å². The van der Waals surface area contributed by atoms with Crippen molar-refractivity contribution in [1.29, 1.82) is 0 Å². The molecule has 0 aliphatic rings. The average molecular weight is 301 g/mol. The molecule has 5 nitrogen and oxygen atoms in total. The lowest BCUT2D eigenvalue weighted by atomic mass is 10.1. The maximum Gasteiger partial charge on any atom is 0.340 e. The summed E-state index contributed by atoms with van der Waals surface area (Å²) in [6, 6.07) is 0. The second-order valence-electron chi connectivity index (χ2n) is 6.59. The van der Waals surface area contributed by atoms with Gasteiger partial charge in [0.2, 0.25) is 0 Å². The summed E-state index contributed by atoms with van der Waals surface area (Å²) in [5.74, 6) is -1.60. The van der Waals surface area contributed by atoms with E-state index < -0.39 is 20.1 Å². The molecule has 0 atom stereocenters. The number of nitrogens with zero attached hydrogens (tertiary/aromatic N) is 1. The van der Waals surface area contributed by atoms with Crippen molar-refractivity contribution in [1.82, 2.24) is 4.90 Å². The smallest absolute Gasteiger partial charge is 0.340 e. The number of ketones is 1. The standard InChI is InChI=1S/C14H27NO4Si/c1-14(2,3)20(6,7)19-9-8-12(16)11(13(17)18)10-15(4)5/h10H,8-9H2,1-7H3,(H,17,18)/b11-10+. The van der Waals surface area contributed by atoms with E-state index >= 15 is 0 Å².